The van der Waals surface area contributed by atoms with Crippen molar-refractivity contribution in [2.75, 3.05) is 0 Å². The minimum absolute atomic E-state index is 0.826. The predicted molar refractivity (Wildman–Crippen MR) is 204 cm³/mol. The zero-order valence-electron chi connectivity index (χ0n) is 26.3. The normalized spacial score (nSPS) is 10.6. The Hall–Kier alpha value is -2.44. The standard InChI is InChI=1S/2C18H14NS.C2H6Si.2ClH.Zr/c2*1-2-12-10-13-6-5-7-14(15(13)11-12)18-19-16-8-3-4-9-17(16)20-18;1-3-2;;;/h2*3-11H,2H2,1H3;1-2H3;2*1H;/q2*-1;;;;+4/p-2. The molecule has 230 valence electrons. The van der Waals surface area contributed by atoms with E-state index in [9.17, 15) is 0 Å². The molecule has 46 heavy (non-hydrogen) atoms. The SMILES string of the molecule is CCc1cc2c(-c3nc4ccccc4s3)cccc2[cH-]1.CCc1cc2c(-c3nc4ccccc4s3)cccc2[cH-]1.C[Si]C.[Cl][Zr+2][Cl]. The second kappa shape index (κ2) is 17.1. The number of thiazole rings is 2. The zero-order chi connectivity index (χ0) is 32.5. The van der Waals surface area contributed by atoms with Gasteiger partial charge in [0.15, 0.2) is 0 Å². The molecule has 2 heterocycles. The van der Waals surface area contributed by atoms with Crippen LogP contribution in [-0.2, 0) is 33.7 Å². The van der Waals surface area contributed by atoms with Gasteiger partial charge in [-0.05, 0) is 48.2 Å². The third-order valence-corrected chi connectivity index (χ3v) is 9.63. The predicted octanol–water partition coefficient (Wildman–Crippen LogP) is 13.0. The first kappa shape index (κ1) is 34.9. The molecular weight excluding hydrogens is 739 g/mol. The van der Waals surface area contributed by atoms with Gasteiger partial charge in [-0.3, -0.25) is 0 Å². The van der Waals surface area contributed by atoms with Crippen molar-refractivity contribution in [3.8, 4) is 21.1 Å². The van der Waals surface area contributed by atoms with Gasteiger partial charge in [0.25, 0.3) is 0 Å². The number of aromatic nitrogens is 2. The molecule has 0 aliphatic carbocycles. The molecule has 0 N–H and O–H groups in total. The molecule has 0 bridgehead atoms. The molecule has 0 fully saturated rings. The molecule has 0 aliphatic heterocycles. The fourth-order valence-corrected chi connectivity index (χ4v) is 7.36. The van der Waals surface area contributed by atoms with Crippen LogP contribution in [0.5, 0.6) is 0 Å². The molecule has 0 aliphatic rings. The van der Waals surface area contributed by atoms with Crippen LogP contribution in [0, 0.1) is 0 Å². The summed E-state index contributed by atoms with van der Waals surface area (Å²) in [6.07, 6.45) is 2.15. The van der Waals surface area contributed by atoms with E-state index in [1.165, 1.54) is 53.2 Å². The van der Waals surface area contributed by atoms with Crippen molar-refractivity contribution >= 4 is 91.2 Å². The van der Waals surface area contributed by atoms with Gasteiger partial charge in [-0.25, -0.2) is 9.97 Å². The number of aryl methyl sites for hydroxylation is 2. The second-order valence-electron chi connectivity index (χ2n) is 10.6. The van der Waals surface area contributed by atoms with Gasteiger partial charge in [0.05, 0.1) is 20.4 Å². The Morgan fingerprint density at radius 1 is 0.630 bits per heavy atom. The van der Waals surface area contributed by atoms with Crippen molar-refractivity contribution in [2.45, 2.75) is 39.8 Å². The Balaban J connectivity index is 0.000000155. The van der Waals surface area contributed by atoms with Crippen molar-refractivity contribution in [3.05, 3.63) is 120 Å². The molecule has 0 saturated heterocycles. The first-order valence-corrected chi connectivity index (χ1v) is 25.1. The third-order valence-electron chi connectivity index (χ3n) is 7.49. The summed E-state index contributed by atoms with van der Waals surface area (Å²) >= 11 is 2.72. The van der Waals surface area contributed by atoms with Crippen LogP contribution in [0.4, 0.5) is 0 Å². The fraction of sp³-hybridized carbons (Fsp3) is 0.158. The summed E-state index contributed by atoms with van der Waals surface area (Å²) < 4.78 is 2.50. The number of para-hydroxylation sites is 2. The summed E-state index contributed by atoms with van der Waals surface area (Å²) in [7, 11) is 11.0. The topological polar surface area (TPSA) is 25.8 Å². The molecule has 0 amide bonds. The van der Waals surface area contributed by atoms with Crippen LogP contribution in [0.3, 0.4) is 0 Å². The summed E-state index contributed by atoms with van der Waals surface area (Å²) in [5, 5.41) is 7.51. The average Bonchev–Trinajstić information content (AvgIpc) is 3.88. The minimum atomic E-state index is -0.826. The van der Waals surface area contributed by atoms with E-state index in [1.54, 1.807) is 22.7 Å². The van der Waals surface area contributed by atoms with Crippen LogP contribution in [0.15, 0.2) is 109 Å². The maximum atomic E-state index is 4.93. The van der Waals surface area contributed by atoms with E-state index in [-0.39, 0.29) is 0 Å². The number of rotatable bonds is 4. The van der Waals surface area contributed by atoms with E-state index >= 15 is 0 Å². The van der Waals surface area contributed by atoms with E-state index in [4.69, 9.17) is 27.0 Å². The summed E-state index contributed by atoms with van der Waals surface area (Å²) in [5.74, 6) is 0. The Morgan fingerprint density at radius 3 is 1.39 bits per heavy atom. The number of benzene rings is 4. The summed E-state index contributed by atoms with van der Waals surface area (Å²) in [6, 6.07) is 38.8. The van der Waals surface area contributed by atoms with Crippen LogP contribution in [0.1, 0.15) is 25.0 Å². The molecule has 2 radical (unpaired) electrons. The molecule has 6 aromatic carbocycles. The van der Waals surface area contributed by atoms with E-state index < -0.39 is 20.8 Å². The first-order valence-electron chi connectivity index (χ1n) is 15.2. The second-order valence-corrected chi connectivity index (χ2v) is 17.4. The number of hydrogen-bond acceptors (Lipinski definition) is 4. The molecule has 8 rings (SSSR count). The summed E-state index contributed by atoms with van der Waals surface area (Å²) in [4.78, 5) is 9.57. The van der Waals surface area contributed by atoms with Gasteiger partial charge in [0, 0.05) is 9.52 Å². The first-order chi connectivity index (χ1) is 22.5. The molecule has 2 nitrogen and oxygen atoms in total. The van der Waals surface area contributed by atoms with Crippen LogP contribution < -0.4 is 0 Å². The van der Waals surface area contributed by atoms with E-state index in [0.717, 1.165) is 43.4 Å². The van der Waals surface area contributed by atoms with Crippen molar-refractivity contribution in [3.63, 3.8) is 0 Å². The Kier molecular flexibility index (Phi) is 13.0. The number of nitrogens with zero attached hydrogens (tertiary/aromatic N) is 2. The Morgan fingerprint density at radius 2 is 1.02 bits per heavy atom. The summed E-state index contributed by atoms with van der Waals surface area (Å²) in [5.41, 5.74) is 7.48. The van der Waals surface area contributed by atoms with Gasteiger partial charge < -0.3 is 0 Å². The van der Waals surface area contributed by atoms with Gasteiger partial charge in [-0.1, -0.05) is 63.3 Å². The van der Waals surface area contributed by atoms with Crippen molar-refractivity contribution in [1.29, 1.82) is 0 Å². The monoisotopic (exact) mass is 770 g/mol. The van der Waals surface area contributed by atoms with Gasteiger partial charge in [0.1, 0.15) is 10.0 Å². The molecule has 0 spiro atoms. The van der Waals surface area contributed by atoms with Crippen LogP contribution >= 0.6 is 39.7 Å². The molecule has 0 saturated carbocycles. The number of hydrogen-bond donors (Lipinski definition) is 0. The van der Waals surface area contributed by atoms with Crippen LogP contribution in [-0.4, -0.2) is 19.5 Å². The van der Waals surface area contributed by atoms with Crippen molar-refractivity contribution < 1.29 is 20.8 Å². The molecule has 8 aromatic rings. The molecule has 8 heteroatoms. The van der Waals surface area contributed by atoms with Crippen LogP contribution in [0.2, 0.25) is 13.1 Å². The van der Waals surface area contributed by atoms with Crippen molar-refractivity contribution in [2.24, 2.45) is 0 Å². The quantitative estimate of drug-likeness (QED) is 0.132. The van der Waals surface area contributed by atoms with Gasteiger partial charge in [-0.2, -0.15) is 12.1 Å². The van der Waals surface area contributed by atoms with Crippen LogP contribution in [0.25, 0.3) is 63.1 Å². The molecule has 0 unspecified atom stereocenters. The molecular formula is C38H34Cl2N2S2SiZr. The van der Waals surface area contributed by atoms with Gasteiger partial charge in [0.2, 0.25) is 0 Å². The Labute approximate surface area is 300 Å². The van der Waals surface area contributed by atoms with Gasteiger partial charge in [-0.15, -0.1) is 91.7 Å². The number of fused-ring (bicyclic) bond motifs is 4. The Bertz CT molecular complexity index is 1940. The average molecular weight is 773 g/mol. The maximum absolute atomic E-state index is 4.93. The third kappa shape index (κ3) is 8.16. The molecule has 0 atom stereocenters. The van der Waals surface area contributed by atoms with E-state index in [0.29, 0.717) is 0 Å². The fourth-order valence-electron chi connectivity index (χ4n) is 5.35. The van der Waals surface area contributed by atoms with E-state index in [2.05, 4.69) is 124 Å². The number of halogens is 2. The summed E-state index contributed by atoms with van der Waals surface area (Å²) in [6.45, 7) is 8.71. The van der Waals surface area contributed by atoms with Gasteiger partial charge >= 0.3 is 37.9 Å². The molecule has 2 aromatic heterocycles. The van der Waals surface area contributed by atoms with Crippen molar-refractivity contribution in [1.82, 2.24) is 9.97 Å². The zero-order valence-corrected chi connectivity index (χ0v) is 32.9. The van der Waals surface area contributed by atoms with E-state index in [1.807, 2.05) is 12.1 Å².